The van der Waals surface area contributed by atoms with Gasteiger partial charge in [0.2, 0.25) is 0 Å². The zero-order valence-electron chi connectivity index (χ0n) is 10.9. The van der Waals surface area contributed by atoms with Crippen LogP contribution < -0.4 is 5.32 Å². The molecular weight excluding hydrogens is 250 g/mol. The van der Waals surface area contributed by atoms with Gasteiger partial charge in [0, 0.05) is 13.5 Å². The molecule has 0 fully saturated rings. The third-order valence-corrected chi connectivity index (χ3v) is 3.49. The maximum absolute atomic E-state index is 6.28. The van der Waals surface area contributed by atoms with Crippen molar-refractivity contribution in [1.82, 2.24) is 15.1 Å². The predicted octanol–water partition coefficient (Wildman–Crippen LogP) is 2.87. The van der Waals surface area contributed by atoms with Gasteiger partial charge in [0.25, 0.3) is 0 Å². The molecule has 2 aromatic heterocycles. The first-order chi connectivity index (χ1) is 8.63. The Labute approximate surface area is 112 Å². The molecule has 1 atom stereocenters. The van der Waals surface area contributed by atoms with Crippen molar-refractivity contribution in [1.29, 1.82) is 0 Å². The number of nitrogens with zero attached hydrogens (tertiary/aromatic N) is 2. The fourth-order valence-electron chi connectivity index (χ4n) is 2.10. The lowest BCUT2D eigenvalue weighted by Gasteiger charge is -2.15. The Hall–Kier alpha value is -1.26. The highest BCUT2D eigenvalue weighted by Gasteiger charge is 2.19. The molecule has 2 heterocycles. The van der Waals surface area contributed by atoms with E-state index >= 15 is 0 Å². The van der Waals surface area contributed by atoms with Crippen molar-refractivity contribution in [3.8, 4) is 0 Å². The molecule has 0 spiro atoms. The summed E-state index contributed by atoms with van der Waals surface area (Å²) in [6, 6.07) is 4.00. The lowest BCUT2D eigenvalue weighted by molar-refractivity contribution is 0.410. The summed E-state index contributed by atoms with van der Waals surface area (Å²) in [7, 11) is 1.92. The monoisotopic (exact) mass is 267 g/mol. The Balaban J connectivity index is 2.24. The Morgan fingerprint density at radius 1 is 1.56 bits per heavy atom. The second-order valence-electron chi connectivity index (χ2n) is 4.30. The van der Waals surface area contributed by atoms with Crippen molar-refractivity contribution in [3.63, 3.8) is 0 Å². The summed E-state index contributed by atoms with van der Waals surface area (Å²) in [6.45, 7) is 4.87. The number of hydrogen-bond donors (Lipinski definition) is 1. The first kappa shape index (κ1) is 13.2. The SMILES string of the molecule is CCNC(Cc1c(Cl)c(C)nn1C)c1ccco1. The van der Waals surface area contributed by atoms with Crippen LogP contribution in [0.2, 0.25) is 5.02 Å². The molecule has 0 saturated heterocycles. The van der Waals surface area contributed by atoms with E-state index in [0.717, 1.165) is 35.1 Å². The van der Waals surface area contributed by atoms with Crippen LogP contribution in [0, 0.1) is 6.92 Å². The van der Waals surface area contributed by atoms with Crippen LogP contribution >= 0.6 is 11.6 Å². The molecule has 0 aliphatic rings. The molecule has 2 rings (SSSR count). The summed E-state index contributed by atoms with van der Waals surface area (Å²) in [6.07, 6.45) is 2.45. The number of likely N-dealkylation sites (N-methyl/N-ethyl adjacent to an activating group) is 1. The number of hydrogen-bond acceptors (Lipinski definition) is 3. The molecule has 98 valence electrons. The fourth-order valence-corrected chi connectivity index (χ4v) is 2.34. The Morgan fingerprint density at radius 3 is 2.83 bits per heavy atom. The lowest BCUT2D eigenvalue weighted by atomic mass is 10.1. The van der Waals surface area contributed by atoms with Gasteiger partial charge in [-0.3, -0.25) is 4.68 Å². The summed E-state index contributed by atoms with van der Waals surface area (Å²) in [4.78, 5) is 0. The van der Waals surface area contributed by atoms with Crippen LogP contribution in [0.25, 0.3) is 0 Å². The van der Waals surface area contributed by atoms with Gasteiger partial charge in [-0.2, -0.15) is 5.10 Å². The van der Waals surface area contributed by atoms with Crippen LogP contribution in [0.5, 0.6) is 0 Å². The average molecular weight is 268 g/mol. The van der Waals surface area contributed by atoms with Gasteiger partial charge in [0.05, 0.1) is 28.7 Å². The van der Waals surface area contributed by atoms with Crippen molar-refractivity contribution in [2.75, 3.05) is 6.54 Å². The minimum Gasteiger partial charge on any atom is -0.468 e. The third kappa shape index (κ3) is 2.60. The Morgan fingerprint density at radius 2 is 2.33 bits per heavy atom. The molecule has 0 radical (unpaired) electrons. The van der Waals surface area contributed by atoms with E-state index in [9.17, 15) is 0 Å². The minimum atomic E-state index is 0.123. The zero-order chi connectivity index (χ0) is 13.1. The number of aromatic nitrogens is 2. The molecule has 4 nitrogen and oxygen atoms in total. The van der Waals surface area contributed by atoms with Crippen LogP contribution in [-0.2, 0) is 13.5 Å². The van der Waals surface area contributed by atoms with E-state index in [1.54, 1.807) is 6.26 Å². The first-order valence-electron chi connectivity index (χ1n) is 6.08. The van der Waals surface area contributed by atoms with Gasteiger partial charge in [0.15, 0.2) is 0 Å². The van der Waals surface area contributed by atoms with Crippen molar-refractivity contribution in [2.45, 2.75) is 26.3 Å². The second-order valence-corrected chi connectivity index (χ2v) is 4.68. The third-order valence-electron chi connectivity index (χ3n) is 3.00. The van der Waals surface area contributed by atoms with Gasteiger partial charge >= 0.3 is 0 Å². The highest BCUT2D eigenvalue weighted by molar-refractivity contribution is 6.31. The average Bonchev–Trinajstić information content (AvgIpc) is 2.93. The molecule has 18 heavy (non-hydrogen) atoms. The van der Waals surface area contributed by atoms with Crippen LogP contribution in [-0.4, -0.2) is 16.3 Å². The predicted molar refractivity (Wildman–Crippen MR) is 71.8 cm³/mol. The number of rotatable bonds is 5. The van der Waals surface area contributed by atoms with Gasteiger partial charge in [-0.1, -0.05) is 18.5 Å². The molecule has 0 aliphatic carbocycles. The Bertz CT molecular complexity index is 505. The summed E-state index contributed by atoms with van der Waals surface area (Å²) < 4.78 is 7.31. The molecule has 0 bridgehead atoms. The molecule has 0 aliphatic heterocycles. The molecule has 1 unspecified atom stereocenters. The normalized spacial score (nSPS) is 12.9. The Kier molecular flexibility index (Phi) is 4.09. The highest BCUT2D eigenvalue weighted by Crippen LogP contribution is 2.25. The number of furan rings is 1. The molecule has 0 amide bonds. The second kappa shape index (κ2) is 5.59. The van der Waals surface area contributed by atoms with Crippen molar-refractivity contribution >= 4 is 11.6 Å². The molecular formula is C13H18ClN3O. The van der Waals surface area contributed by atoms with Crippen LogP contribution in [0.4, 0.5) is 0 Å². The van der Waals surface area contributed by atoms with Crippen LogP contribution in [0.1, 0.15) is 30.1 Å². The van der Waals surface area contributed by atoms with Gasteiger partial charge in [-0.05, 0) is 25.6 Å². The van der Waals surface area contributed by atoms with Gasteiger partial charge in [0.1, 0.15) is 5.76 Å². The maximum atomic E-state index is 6.28. The summed E-state index contributed by atoms with van der Waals surface area (Å²) in [5.41, 5.74) is 1.89. The lowest BCUT2D eigenvalue weighted by Crippen LogP contribution is -2.23. The van der Waals surface area contributed by atoms with E-state index in [1.807, 2.05) is 30.8 Å². The topological polar surface area (TPSA) is 43.0 Å². The number of nitrogens with one attached hydrogen (secondary N) is 1. The molecule has 5 heteroatoms. The van der Waals surface area contributed by atoms with Gasteiger partial charge in [-0.25, -0.2) is 0 Å². The summed E-state index contributed by atoms with van der Waals surface area (Å²) >= 11 is 6.28. The highest BCUT2D eigenvalue weighted by atomic mass is 35.5. The molecule has 0 aromatic carbocycles. The van der Waals surface area contributed by atoms with E-state index in [0.29, 0.717) is 0 Å². The van der Waals surface area contributed by atoms with E-state index in [2.05, 4.69) is 17.3 Å². The van der Waals surface area contributed by atoms with E-state index in [4.69, 9.17) is 16.0 Å². The smallest absolute Gasteiger partial charge is 0.121 e. The molecule has 0 saturated carbocycles. The number of halogens is 1. The standard InChI is InChI=1S/C13H18ClN3O/c1-4-15-10(12-6-5-7-18-12)8-11-13(14)9(2)16-17(11)3/h5-7,10,15H,4,8H2,1-3H3. The largest absolute Gasteiger partial charge is 0.468 e. The van der Waals surface area contributed by atoms with Crippen molar-refractivity contribution < 1.29 is 4.42 Å². The van der Waals surface area contributed by atoms with E-state index in [-0.39, 0.29) is 6.04 Å². The van der Waals surface area contributed by atoms with Crippen molar-refractivity contribution in [2.24, 2.45) is 7.05 Å². The first-order valence-corrected chi connectivity index (χ1v) is 6.46. The summed E-state index contributed by atoms with van der Waals surface area (Å²) in [5.74, 6) is 0.923. The molecule has 2 aromatic rings. The van der Waals surface area contributed by atoms with Gasteiger partial charge in [-0.15, -0.1) is 0 Å². The maximum Gasteiger partial charge on any atom is 0.121 e. The van der Waals surface area contributed by atoms with Crippen LogP contribution in [0.3, 0.4) is 0 Å². The minimum absolute atomic E-state index is 0.123. The molecule has 1 N–H and O–H groups in total. The van der Waals surface area contributed by atoms with E-state index < -0.39 is 0 Å². The van der Waals surface area contributed by atoms with E-state index in [1.165, 1.54) is 0 Å². The quantitative estimate of drug-likeness (QED) is 0.906. The van der Waals surface area contributed by atoms with Gasteiger partial charge < -0.3 is 9.73 Å². The zero-order valence-corrected chi connectivity index (χ0v) is 11.7. The van der Waals surface area contributed by atoms with Crippen LogP contribution in [0.15, 0.2) is 22.8 Å². The summed E-state index contributed by atoms with van der Waals surface area (Å²) in [5, 5.41) is 8.48. The number of aryl methyl sites for hydroxylation is 2. The van der Waals surface area contributed by atoms with Crippen molar-refractivity contribution in [3.05, 3.63) is 40.6 Å². The fraction of sp³-hybridized carbons (Fsp3) is 0.462.